The summed E-state index contributed by atoms with van der Waals surface area (Å²) in [5.74, 6) is 1.22. The van der Waals surface area contributed by atoms with Gasteiger partial charge in [-0.25, -0.2) is 0 Å². The van der Waals surface area contributed by atoms with Crippen molar-refractivity contribution in [2.24, 2.45) is 5.92 Å². The van der Waals surface area contributed by atoms with Crippen LogP contribution in [0.3, 0.4) is 0 Å². The maximum Gasteiger partial charge on any atom is 0.222 e. The van der Waals surface area contributed by atoms with Crippen molar-refractivity contribution in [1.29, 1.82) is 0 Å². The van der Waals surface area contributed by atoms with Crippen LogP contribution in [0, 0.1) is 5.92 Å². The van der Waals surface area contributed by atoms with Gasteiger partial charge in [0, 0.05) is 19.5 Å². The third-order valence-electron chi connectivity index (χ3n) is 2.58. The minimum absolute atomic E-state index is 0.340. The Bertz CT molecular complexity index is 148. The summed E-state index contributed by atoms with van der Waals surface area (Å²) >= 11 is 0. The topological polar surface area (TPSA) is 20.3 Å². The Labute approximate surface area is 74.9 Å². The molecule has 1 aliphatic rings. The molecule has 0 spiro atoms. The molecule has 0 saturated heterocycles. The van der Waals surface area contributed by atoms with E-state index in [0.717, 1.165) is 31.8 Å². The van der Waals surface area contributed by atoms with Crippen molar-refractivity contribution in [2.45, 2.75) is 39.5 Å². The number of rotatable bonds is 5. The van der Waals surface area contributed by atoms with Gasteiger partial charge in [0.15, 0.2) is 0 Å². The number of carbonyl (C=O) groups is 1. The minimum Gasteiger partial charge on any atom is -0.343 e. The van der Waals surface area contributed by atoms with Crippen LogP contribution in [0.1, 0.15) is 39.5 Å². The van der Waals surface area contributed by atoms with Crippen molar-refractivity contribution in [1.82, 2.24) is 4.90 Å². The smallest absolute Gasteiger partial charge is 0.222 e. The summed E-state index contributed by atoms with van der Waals surface area (Å²) in [6.07, 6.45) is 4.60. The quantitative estimate of drug-likeness (QED) is 0.616. The number of hydrogen-bond acceptors (Lipinski definition) is 1. The van der Waals surface area contributed by atoms with Gasteiger partial charge in [0.05, 0.1) is 0 Å². The molecule has 0 bridgehead atoms. The van der Waals surface area contributed by atoms with E-state index in [4.69, 9.17) is 0 Å². The molecule has 2 heteroatoms. The lowest BCUT2D eigenvalue weighted by molar-refractivity contribution is -0.131. The number of nitrogens with zero attached hydrogens (tertiary/aromatic N) is 1. The second kappa shape index (κ2) is 4.48. The average Bonchev–Trinajstić information content (AvgIpc) is 2.86. The third kappa shape index (κ3) is 2.84. The fourth-order valence-electron chi connectivity index (χ4n) is 1.47. The zero-order valence-corrected chi connectivity index (χ0v) is 8.18. The highest BCUT2D eigenvalue weighted by Crippen LogP contribution is 2.33. The molecule has 1 aliphatic carbocycles. The molecule has 0 atom stereocenters. The van der Waals surface area contributed by atoms with Crippen LogP contribution in [0.15, 0.2) is 0 Å². The SMILES string of the molecule is CCN(CC)C(=O)CCC1CC1. The minimum atomic E-state index is 0.340. The lowest BCUT2D eigenvalue weighted by atomic mass is 10.2. The summed E-state index contributed by atoms with van der Waals surface area (Å²) in [4.78, 5) is 13.4. The van der Waals surface area contributed by atoms with E-state index in [1.807, 2.05) is 18.7 Å². The molecule has 70 valence electrons. The van der Waals surface area contributed by atoms with Crippen LogP contribution in [0.25, 0.3) is 0 Å². The van der Waals surface area contributed by atoms with E-state index in [1.165, 1.54) is 12.8 Å². The normalized spacial score (nSPS) is 16.2. The first kappa shape index (κ1) is 9.56. The lowest BCUT2D eigenvalue weighted by Gasteiger charge is -2.18. The van der Waals surface area contributed by atoms with Gasteiger partial charge in [0.1, 0.15) is 0 Å². The van der Waals surface area contributed by atoms with E-state index < -0.39 is 0 Å². The number of hydrogen-bond donors (Lipinski definition) is 0. The van der Waals surface area contributed by atoms with Gasteiger partial charge in [-0.05, 0) is 26.2 Å². The predicted octanol–water partition coefficient (Wildman–Crippen LogP) is 2.04. The Morgan fingerprint density at radius 3 is 2.33 bits per heavy atom. The van der Waals surface area contributed by atoms with E-state index in [0.29, 0.717) is 5.91 Å². The highest BCUT2D eigenvalue weighted by atomic mass is 16.2. The second-order valence-corrected chi connectivity index (χ2v) is 3.55. The summed E-state index contributed by atoms with van der Waals surface area (Å²) < 4.78 is 0. The molecule has 0 aromatic carbocycles. The summed E-state index contributed by atoms with van der Waals surface area (Å²) in [5, 5.41) is 0. The van der Waals surface area contributed by atoms with E-state index in [2.05, 4.69) is 0 Å². The monoisotopic (exact) mass is 169 g/mol. The van der Waals surface area contributed by atoms with Crippen LogP contribution in [-0.2, 0) is 4.79 Å². The fourth-order valence-corrected chi connectivity index (χ4v) is 1.47. The number of amides is 1. The van der Waals surface area contributed by atoms with Crippen LogP contribution in [-0.4, -0.2) is 23.9 Å². The largest absolute Gasteiger partial charge is 0.343 e. The second-order valence-electron chi connectivity index (χ2n) is 3.55. The first-order chi connectivity index (χ1) is 5.77. The van der Waals surface area contributed by atoms with Crippen LogP contribution in [0.2, 0.25) is 0 Å². The van der Waals surface area contributed by atoms with Gasteiger partial charge in [-0.2, -0.15) is 0 Å². The Balaban J connectivity index is 2.15. The highest BCUT2D eigenvalue weighted by molar-refractivity contribution is 5.76. The highest BCUT2D eigenvalue weighted by Gasteiger charge is 2.22. The maximum atomic E-state index is 11.5. The molecule has 0 unspecified atom stereocenters. The van der Waals surface area contributed by atoms with E-state index in [9.17, 15) is 4.79 Å². The van der Waals surface area contributed by atoms with Gasteiger partial charge in [0.2, 0.25) is 5.91 Å². The summed E-state index contributed by atoms with van der Waals surface area (Å²) in [7, 11) is 0. The Morgan fingerprint density at radius 1 is 1.33 bits per heavy atom. The van der Waals surface area contributed by atoms with Gasteiger partial charge in [-0.1, -0.05) is 12.8 Å². The van der Waals surface area contributed by atoms with Crippen molar-refractivity contribution in [3.63, 3.8) is 0 Å². The van der Waals surface area contributed by atoms with Crippen molar-refractivity contribution < 1.29 is 4.79 Å². The Morgan fingerprint density at radius 2 is 1.92 bits per heavy atom. The summed E-state index contributed by atoms with van der Waals surface area (Å²) in [6.45, 7) is 5.80. The first-order valence-corrected chi connectivity index (χ1v) is 5.05. The molecule has 2 nitrogen and oxygen atoms in total. The van der Waals surface area contributed by atoms with Gasteiger partial charge in [-0.15, -0.1) is 0 Å². The predicted molar refractivity (Wildman–Crippen MR) is 49.9 cm³/mol. The fraction of sp³-hybridized carbons (Fsp3) is 0.900. The Kier molecular flexibility index (Phi) is 3.57. The van der Waals surface area contributed by atoms with Crippen LogP contribution < -0.4 is 0 Å². The van der Waals surface area contributed by atoms with Crippen LogP contribution >= 0.6 is 0 Å². The van der Waals surface area contributed by atoms with Crippen LogP contribution in [0.5, 0.6) is 0 Å². The molecule has 0 radical (unpaired) electrons. The van der Waals surface area contributed by atoms with Gasteiger partial charge >= 0.3 is 0 Å². The number of carbonyl (C=O) groups excluding carboxylic acids is 1. The van der Waals surface area contributed by atoms with E-state index in [-0.39, 0.29) is 0 Å². The van der Waals surface area contributed by atoms with Gasteiger partial charge in [0.25, 0.3) is 0 Å². The van der Waals surface area contributed by atoms with E-state index in [1.54, 1.807) is 0 Å². The van der Waals surface area contributed by atoms with E-state index >= 15 is 0 Å². The standard InChI is InChI=1S/C10H19NO/c1-3-11(4-2)10(12)8-7-9-5-6-9/h9H,3-8H2,1-2H3. The molecule has 0 aliphatic heterocycles. The zero-order valence-electron chi connectivity index (χ0n) is 8.18. The molecule has 0 aromatic heterocycles. The molecule has 0 N–H and O–H groups in total. The maximum absolute atomic E-state index is 11.5. The van der Waals surface area contributed by atoms with Crippen LogP contribution in [0.4, 0.5) is 0 Å². The zero-order chi connectivity index (χ0) is 8.97. The van der Waals surface area contributed by atoms with Crippen molar-refractivity contribution in [3.05, 3.63) is 0 Å². The molecule has 12 heavy (non-hydrogen) atoms. The van der Waals surface area contributed by atoms with Gasteiger partial charge < -0.3 is 4.90 Å². The molecule has 1 amide bonds. The Hall–Kier alpha value is -0.530. The molecule has 1 rings (SSSR count). The summed E-state index contributed by atoms with van der Waals surface area (Å²) in [5.41, 5.74) is 0. The van der Waals surface area contributed by atoms with Gasteiger partial charge in [-0.3, -0.25) is 4.79 Å². The molecule has 1 saturated carbocycles. The van der Waals surface area contributed by atoms with Crippen molar-refractivity contribution in [2.75, 3.05) is 13.1 Å². The molecule has 1 fully saturated rings. The molecule has 0 aromatic rings. The van der Waals surface area contributed by atoms with Crippen molar-refractivity contribution >= 4 is 5.91 Å². The molecular weight excluding hydrogens is 150 g/mol. The summed E-state index contributed by atoms with van der Waals surface area (Å²) in [6, 6.07) is 0. The third-order valence-corrected chi connectivity index (χ3v) is 2.58. The average molecular weight is 169 g/mol. The first-order valence-electron chi connectivity index (χ1n) is 5.05. The molecular formula is C10H19NO. The molecule has 0 heterocycles. The lowest BCUT2D eigenvalue weighted by Crippen LogP contribution is -2.30. The van der Waals surface area contributed by atoms with Crippen molar-refractivity contribution in [3.8, 4) is 0 Å².